The van der Waals surface area contributed by atoms with Crippen molar-refractivity contribution in [3.63, 3.8) is 0 Å². The van der Waals surface area contributed by atoms with Crippen LogP contribution < -0.4 is 14.3 Å². The van der Waals surface area contributed by atoms with Crippen molar-refractivity contribution in [2.45, 2.75) is 26.8 Å². The van der Waals surface area contributed by atoms with Crippen LogP contribution in [-0.4, -0.2) is 29.8 Å². The van der Waals surface area contributed by atoms with E-state index in [4.69, 9.17) is 14.2 Å². The maximum atomic E-state index is 11.6. The molecule has 1 amide bonds. The third kappa shape index (κ3) is 3.21. The Bertz CT molecular complexity index is 836. The number of thiazole rings is 1. The molecular weight excluding hydrogens is 320 g/mol. The normalized spacial score (nSPS) is 13.6. The molecule has 0 fully saturated rings. The predicted molar refractivity (Wildman–Crippen MR) is 83.4 cm³/mol. The molecule has 0 aliphatic carbocycles. The summed E-state index contributed by atoms with van der Waals surface area (Å²) in [7, 11) is 0. The standard InChI is InChI=1S/C15H16N2O5S/c1-3-20-14(19)4-5-17-10-6-11-12(22-8-21-11)7-13(10)23-15(17)16-9(2)18/h6-7H,3-5,8H2,1-2H3. The van der Waals surface area contributed by atoms with Crippen molar-refractivity contribution in [3.8, 4) is 11.5 Å². The molecule has 0 unspecified atom stereocenters. The SMILES string of the molecule is CCOC(=O)CCn1c(=NC(C)=O)sc2cc3c(cc21)OCO3. The molecule has 23 heavy (non-hydrogen) atoms. The topological polar surface area (TPSA) is 79.1 Å². The van der Waals surface area contributed by atoms with Crippen molar-refractivity contribution in [1.29, 1.82) is 0 Å². The molecule has 0 radical (unpaired) electrons. The van der Waals surface area contributed by atoms with E-state index in [-0.39, 0.29) is 25.1 Å². The van der Waals surface area contributed by atoms with Crippen molar-refractivity contribution in [3.05, 3.63) is 16.9 Å². The lowest BCUT2D eigenvalue weighted by Gasteiger charge is -2.05. The summed E-state index contributed by atoms with van der Waals surface area (Å²) >= 11 is 1.37. The second kappa shape index (κ2) is 6.41. The second-order valence-corrected chi connectivity index (χ2v) is 5.90. The largest absolute Gasteiger partial charge is 0.466 e. The molecule has 0 atom stereocenters. The zero-order valence-electron chi connectivity index (χ0n) is 12.8. The number of rotatable bonds is 4. The monoisotopic (exact) mass is 336 g/mol. The molecular formula is C15H16N2O5S. The summed E-state index contributed by atoms with van der Waals surface area (Å²) in [6.07, 6.45) is 0.208. The minimum Gasteiger partial charge on any atom is -0.466 e. The predicted octanol–water partition coefficient (Wildman–Crippen LogP) is 1.83. The third-order valence-corrected chi connectivity index (χ3v) is 4.32. The molecule has 0 spiro atoms. The summed E-state index contributed by atoms with van der Waals surface area (Å²) in [4.78, 5) is 27.6. The van der Waals surface area contributed by atoms with Crippen molar-refractivity contribution in [2.75, 3.05) is 13.4 Å². The van der Waals surface area contributed by atoms with E-state index >= 15 is 0 Å². The summed E-state index contributed by atoms with van der Waals surface area (Å²) in [6.45, 7) is 4.08. The van der Waals surface area contributed by atoms with E-state index in [1.54, 1.807) is 6.92 Å². The van der Waals surface area contributed by atoms with E-state index in [2.05, 4.69) is 4.99 Å². The molecule has 3 rings (SSSR count). The third-order valence-electron chi connectivity index (χ3n) is 3.28. The maximum absolute atomic E-state index is 11.6. The Balaban J connectivity index is 2.04. The average molecular weight is 336 g/mol. The second-order valence-electron chi connectivity index (χ2n) is 4.90. The van der Waals surface area contributed by atoms with Crippen LogP contribution in [0.5, 0.6) is 11.5 Å². The van der Waals surface area contributed by atoms with Crippen LogP contribution in [0, 0.1) is 0 Å². The minimum absolute atomic E-state index is 0.195. The fraction of sp³-hybridized carbons (Fsp3) is 0.400. The van der Waals surface area contributed by atoms with Gasteiger partial charge in [-0.15, -0.1) is 0 Å². The number of aryl methyl sites for hydroxylation is 1. The number of amides is 1. The smallest absolute Gasteiger partial charge is 0.307 e. The Morgan fingerprint density at radius 2 is 2.09 bits per heavy atom. The fourth-order valence-electron chi connectivity index (χ4n) is 2.33. The van der Waals surface area contributed by atoms with Crippen LogP contribution in [0.15, 0.2) is 17.1 Å². The van der Waals surface area contributed by atoms with E-state index < -0.39 is 0 Å². The zero-order valence-corrected chi connectivity index (χ0v) is 13.6. The molecule has 122 valence electrons. The van der Waals surface area contributed by atoms with Gasteiger partial charge in [0.1, 0.15) is 0 Å². The lowest BCUT2D eigenvalue weighted by molar-refractivity contribution is -0.143. The van der Waals surface area contributed by atoms with Gasteiger partial charge in [-0.2, -0.15) is 4.99 Å². The van der Waals surface area contributed by atoms with Crippen LogP contribution in [0.1, 0.15) is 20.3 Å². The molecule has 0 saturated carbocycles. The van der Waals surface area contributed by atoms with Gasteiger partial charge < -0.3 is 18.8 Å². The molecule has 8 heteroatoms. The molecule has 1 aliphatic rings. The van der Waals surface area contributed by atoms with E-state index in [0.717, 1.165) is 10.2 Å². The van der Waals surface area contributed by atoms with Crippen molar-refractivity contribution in [1.82, 2.24) is 4.57 Å². The molecule has 0 N–H and O–H groups in total. The fourth-order valence-corrected chi connectivity index (χ4v) is 3.44. The molecule has 2 heterocycles. The van der Waals surface area contributed by atoms with Gasteiger partial charge in [-0.3, -0.25) is 9.59 Å². The number of esters is 1. The molecule has 7 nitrogen and oxygen atoms in total. The number of carbonyl (C=O) groups excluding carboxylic acids is 2. The highest BCUT2D eigenvalue weighted by Crippen LogP contribution is 2.37. The summed E-state index contributed by atoms with van der Waals surface area (Å²) in [5, 5.41) is 0. The summed E-state index contributed by atoms with van der Waals surface area (Å²) in [5.74, 6) is 0.746. The van der Waals surface area contributed by atoms with Crippen LogP contribution in [0.3, 0.4) is 0 Å². The Labute approximate surface area is 136 Å². The van der Waals surface area contributed by atoms with Crippen molar-refractivity contribution < 1.29 is 23.8 Å². The zero-order chi connectivity index (χ0) is 16.4. The van der Waals surface area contributed by atoms with E-state index in [1.807, 2.05) is 16.7 Å². The van der Waals surface area contributed by atoms with Crippen LogP contribution in [0.2, 0.25) is 0 Å². The number of hydrogen-bond donors (Lipinski definition) is 0. The Morgan fingerprint density at radius 1 is 1.35 bits per heavy atom. The maximum Gasteiger partial charge on any atom is 0.307 e. The first-order valence-electron chi connectivity index (χ1n) is 7.22. The number of carbonyl (C=O) groups is 2. The first-order chi connectivity index (χ1) is 11.1. The molecule has 0 bridgehead atoms. The van der Waals surface area contributed by atoms with Crippen LogP contribution in [-0.2, 0) is 20.9 Å². The Morgan fingerprint density at radius 3 is 2.78 bits per heavy atom. The molecule has 0 saturated heterocycles. The molecule has 1 aliphatic heterocycles. The number of ether oxygens (including phenoxy) is 3. The van der Waals surface area contributed by atoms with Gasteiger partial charge in [-0.1, -0.05) is 11.3 Å². The van der Waals surface area contributed by atoms with Crippen molar-refractivity contribution >= 4 is 33.4 Å². The van der Waals surface area contributed by atoms with Gasteiger partial charge in [0.2, 0.25) is 12.7 Å². The number of hydrogen-bond acceptors (Lipinski definition) is 6. The summed E-state index contributed by atoms with van der Waals surface area (Å²) in [6, 6.07) is 3.71. The summed E-state index contributed by atoms with van der Waals surface area (Å²) in [5.41, 5.74) is 0.851. The Kier molecular flexibility index (Phi) is 4.33. The Hall–Kier alpha value is -2.35. The van der Waals surface area contributed by atoms with Gasteiger partial charge in [0.15, 0.2) is 16.3 Å². The molecule has 1 aromatic carbocycles. The van der Waals surface area contributed by atoms with E-state index in [0.29, 0.717) is 29.5 Å². The van der Waals surface area contributed by atoms with Crippen LogP contribution in [0.25, 0.3) is 10.2 Å². The van der Waals surface area contributed by atoms with Gasteiger partial charge in [0, 0.05) is 25.6 Å². The van der Waals surface area contributed by atoms with E-state index in [1.165, 1.54) is 18.3 Å². The first-order valence-corrected chi connectivity index (χ1v) is 8.04. The minimum atomic E-state index is -0.290. The number of fused-ring (bicyclic) bond motifs is 2. The highest BCUT2D eigenvalue weighted by molar-refractivity contribution is 7.16. The molecule has 1 aromatic heterocycles. The van der Waals surface area contributed by atoms with E-state index in [9.17, 15) is 9.59 Å². The first kappa shape index (κ1) is 15.5. The van der Waals surface area contributed by atoms with Gasteiger partial charge >= 0.3 is 5.97 Å². The van der Waals surface area contributed by atoms with Gasteiger partial charge in [-0.05, 0) is 6.92 Å². The lowest BCUT2D eigenvalue weighted by atomic mass is 10.3. The van der Waals surface area contributed by atoms with Gasteiger partial charge in [-0.25, -0.2) is 0 Å². The van der Waals surface area contributed by atoms with Crippen LogP contribution >= 0.6 is 11.3 Å². The van der Waals surface area contributed by atoms with Crippen molar-refractivity contribution in [2.24, 2.45) is 4.99 Å². The number of aromatic nitrogens is 1. The quantitative estimate of drug-likeness (QED) is 0.796. The van der Waals surface area contributed by atoms with Gasteiger partial charge in [0.25, 0.3) is 0 Å². The molecule has 2 aromatic rings. The van der Waals surface area contributed by atoms with Gasteiger partial charge in [0.05, 0.1) is 23.2 Å². The van der Waals surface area contributed by atoms with Crippen LogP contribution in [0.4, 0.5) is 0 Å². The average Bonchev–Trinajstić information content (AvgIpc) is 3.06. The number of benzene rings is 1. The lowest BCUT2D eigenvalue weighted by Crippen LogP contribution is -2.19. The highest BCUT2D eigenvalue weighted by Gasteiger charge is 2.18. The number of nitrogens with zero attached hydrogens (tertiary/aromatic N) is 2. The highest BCUT2D eigenvalue weighted by atomic mass is 32.1. The summed E-state index contributed by atoms with van der Waals surface area (Å²) < 4.78 is 18.5.